The fourth-order valence-electron chi connectivity index (χ4n) is 3.79. The minimum atomic E-state index is -0.0462. The van der Waals surface area contributed by atoms with Gasteiger partial charge in [0.2, 0.25) is 0 Å². The smallest absolute Gasteiger partial charge is 0.272 e. The molecule has 0 radical (unpaired) electrons. The molecule has 1 aliphatic heterocycles. The molecule has 144 valence electrons. The third kappa shape index (κ3) is 3.33. The van der Waals surface area contributed by atoms with E-state index in [-0.39, 0.29) is 11.9 Å². The third-order valence-electron chi connectivity index (χ3n) is 5.19. The number of benzene rings is 2. The standard InChI is InChI=1S/C22H23N3O3/c1-27-16-8-5-7-15(13-16)18-14-19(24-23-18)22(26)25-12-6-10-20(25)17-9-3-4-11-21(17)28-2/h3-5,7-9,11,13-14,20H,6,10,12H2,1-2H3,(H,23,24)/t20-/m0/s1. The van der Waals surface area contributed by atoms with Crippen LogP contribution >= 0.6 is 0 Å². The third-order valence-corrected chi connectivity index (χ3v) is 5.19. The number of amides is 1. The number of aromatic nitrogens is 2. The Labute approximate surface area is 164 Å². The van der Waals surface area contributed by atoms with Crippen LogP contribution in [0.1, 0.15) is 34.9 Å². The summed E-state index contributed by atoms with van der Waals surface area (Å²) in [5.41, 5.74) is 3.15. The van der Waals surface area contributed by atoms with E-state index < -0.39 is 0 Å². The first-order valence-corrected chi connectivity index (χ1v) is 9.35. The van der Waals surface area contributed by atoms with Crippen molar-refractivity contribution in [1.29, 1.82) is 0 Å². The van der Waals surface area contributed by atoms with Crippen LogP contribution in [0, 0.1) is 0 Å². The number of aromatic amines is 1. The lowest BCUT2D eigenvalue weighted by Gasteiger charge is -2.25. The highest BCUT2D eigenvalue weighted by Gasteiger charge is 2.33. The second kappa shape index (κ2) is 7.76. The highest BCUT2D eigenvalue weighted by atomic mass is 16.5. The van der Waals surface area contributed by atoms with E-state index in [9.17, 15) is 4.79 Å². The van der Waals surface area contributed by atoms with Gasteiger partial charge in [0.05, 0.1) is 26.0 Å². The fourth-order valence-corrected chi connectivity index (χ4v) is 3.79. The van der Waals surface area contributed by atoms with Gasteiger partial charge in [0.25, 0.3) is 5.91 Å². The van der Waals surface area contributed by atoms with Gasteiger partial charge in [-0.05, 0) is 37.1 Å². The lowest BCUT2D eigenvalue weighted by molar-refractivity contribution is 0.0728. The number of likely N-dealkylation sites (tertiary alicyclic amines) is 1. The molecule has 1 N–H and O–H groups in total. The van der Waals surface area contributed by atoms with Crippen molar-refractivity contribution in [3.05, 3.63) is 65.9 Å². The first kappa shape index (κ1) is 18.1. The molecule has 2 heterocycles. The van der Waals surface area contributed by atoms with Crippen molar-refractivity contribution < 1.29 is 14.3 Å². The molecule has 0 unspecified atom stereocenters. The molecule has 1 amide bonds. The van der Waals surface area contributed by atoms with Gasteiger partial charge in [0.15, 0.2) is 0 Å². The first-order valence-electron chi connectivity index (χ1n) is 9.35. The van der Waals surface area contributed by atoms with E-state index in [0.717, 1.165) is 47.7 Å². The minimum absolute atomic E-state index is 0.00668. The Balaban J connectivity index is 1.60. The summed E-state index contributed by atoms with van der Waals surface area (Å²) in [5.74, 6) is 1.52. The SMILES string of the molecule is COc1cccc(-c2cc(C(=O)N3CCC[C@H]3c3ccccc3OC)[nH]n2)c1. The Bertz CT molecular complexity index is 982. The van der Waals surface area contributed by atoms with E-state index in [1.54, 1.807) is 20.3 Å². The lowest BCUT2D eigenvalue weighted by atomic mass is 10.0. The van der Waals surface area contributed by atoms with Crippen LogP contribution in [0.15, 0.2) is 54.6 Å². The molecule has 0 aliphatic carbocycles. The Morgan fingerprint density at radius 3 is 2.79 bits per heavy atom. The number of H-pyrrole nitrogens is 1. The summed E-state index contributed by atoms with van der Waals surface area (Å²) in [6.07, 6.45) is 1.88. The molecule has 1 saturated heterocycles. The number of hydrogen-bond acceptors (Lipinski definition) is 4. The predicted octanol–water partition coefficient (Wildman–Crippen LogP) is 4.07. The van der Waals surface area contributed by atoms with E-state index in [0.29, 0.717) is 5.69 Å². The summed E-state index contributed by atoms with van der Waals surface area (Å²) in [4.78, 5) is 15.1. The summed E-state index contributed by atoms with van der Waals surface area (Å²) in [6.45, 7) is 0.717. The summed E-state index contributed by atoms with van der Waals surface area (Å²) in [7, 11) is 3.29. The molecule has 6 nitrogen and oxygen atoms in total. The van der Waals surface area contributed by atoms with Crippen LogP contribution in [0.4, 0.5) is 0 Å². The highest BCUT2D eigenvalue weighted by molar-refractivity contribution is 5.94. The van der Waals surface area contributed by atoms with E-state index >= 15 is 0 Å². The molecule has 4 rings (SSSR count). The average molecular weight is 377 g/mol. The van der Waals surface area contributed by atoms with Crippen molar-refractivity contribution in [2.75, 3.05) is 20.8 Å². The molecule has 6 heteroatoms. The highest BCUT2D eigenvalue weighted by Crippen LogP contribution is 2.37. The zero-order valence-electron chi connectivity index (χ0n) is 16.0. The van der Waals surface area contributed by atoms with Gasteiger partial charge < -0.3 is 14.4 Å². The van der Waals surface area contributed by atoms with Crippen LogP contribution in [0.3, 0.4) is 0 Å². The molecule has 0 bridgehead atoms. The number of methoxy groups -OCH3 is 2. The molecule has 3 aromatic rings. The molecule has 1 aromatic heterocycles. The monoisotopic (exact) mass is 377 g/mol. The zero-order valence-corrected chi connectivity index (χ0v) is 16.0. The summed E-state index contributed by atoms with van der Waals surface area (Å²) < 4.78 is 10.8. The van der Waals surface area contributed by atoms with Crippen molar-refractivity contribution in [1.82, 2.24) is 15.1 Å². The zero-order chi connectivity index (χ0) is 19.5. The molecule has 0 spiro atoms. The number of para-hydroxylation sites is 1. The van der Waals surface area contributed by atoms with Gasteiger partial charge in [0, 0.05) is 17.7 Å². The maximum Gasteiger partial charge on any atom is 0.272 e. The Morgan fingerprint density at radius 2 is 1.96 bits per heavy atom. The minimum Gasteiger partial charge on any atom is -0.497 e. The van der Waals surface area contributed by atoms with E-state index in [2.05, 4.69) is 10.2 Å². The summed E-state index contributed by atoms with van der Waals surface area (Å²) >= 11 is 0. The van der Waals surface area contributed by atoms with Gasteiger partial charge in [-0.3, -0.25) is 9.89 Å². The normalized spacial score (nSPS) is 16.2. The summed E-state index contributed by atoms with van der Waals surface area (Å²) in [5, 5.41) is 7.24. The number of rotatable bonds is 5. The van der Waals surface area contributed by atoms with E-state index in [1.807, 2.05) is 53.4 Å². The topological polar surface area (TPSA) is 67.4 Å². The summed E-state index contributed by atoms with van der Waals surface area (Å²) in [6, 6.07) is 17.3. The molecule has 1 aliphatic rings. The molecule has 28 heavy (non-hydrogen) atoms. The van der Waals surface area contributed by atoms with Gasteiger partial charge in [-0.15, -0.1) is 0 Å². The Kier molecular flexibility index (Phi) is 5.02. The number of hydrogen-bond donors (Lipinski definition) is 1. The van der Waals surface area contributed by atoms with Gasteiger partial charge in [0.1, 0.15) is 17.2 Å². The maximum absolute atomic E-state index is 13.2. The first-order chi connectivity index (χ1) is 13.7. The van der Waals surface area contributed by atoms with Crippen LogP contribution in [-0.2, 0) is 0 Å². The molecular weight excluding hydrogens is 354 g/mol. The lowest BCUT2D eigenvalue weighted by Crippen LogP contribution is -2.31. The van der Waals surface area contributed by atoms with Crippen molar-refractivity contribution in [3.63, 3.8) is 0 Å². The van der Waals surface area contributed by atoms with E-state index in [1.165, 1.54) is 0 Å². The molecule has 2 aromatic carbocycles. The van der Waals surface area contributed by atoms with Crippen molar-refractivity contribution in [2.45, 2.75) is 18.9 Å². The van der Waals surface area contributed by atoms with E-state index in [4.69, 9.17) is 9.47 Å². The number of carbonyl (C=O) groups is 1. The van der Waals surface area contributed by atoms with Gasteiger partial charge in [-0.2, -0.15) is 5.10 Å². The fraction of sp³-hybridized carbons (Fsp3) is 0.273. The number of carbonyl (C=O) groups excluding carboxylic acids is 1. The van der Waals surface area contributed by atoms with Crippen LogP contribution in [0.2, 0.25) is 0 Å². The number of nitrogens with one attached hydrogen (secondary N) is 1. The second-order valence-electron chi connectivity index (χ2n) is 6.80. The maximum atomic E-state index is 13.2. The van der Waals surface area contributed by atoms with Crippen LogP contribution in [-0.4, -0.2) is 41.8 Å². The number of nitrogens with zero attached hydrogens (tertiary/aromatic N) is 2. The largest absolute Gasteiger partial charge is 0.497 e. The quantitative estimate of drug-likeness (QED) is 0.728. The van der Waals surface area contributed by atoms with Crippen LogP contribution < -0.4 is 9.47 Å². The van der Waals surface area contributed by atoms with Crippen molar-refractivity contribution in [2.24, 2.45) is 0 Å². The van der Waals surface area contributed by atoms with Crippen molar-refractivity contribution >= 4 is 5.91 Å². The molecular formula is C22H23N3O3. The molecule has 1 atom stereocenters. The number of ether oxygens (including phenoxy) is 2. The van der Waals surface area contributed by atoms with Crippen molar-refractivity contribution in [3.8, 4) is 22.8 Å². The predicted molar refractivity (Wildman–Crippen MR) is 107 cm³/mol. The Hall–Kier alpha value is -3.28. The van der Waals surface area contributed by atoms with Gasteiger partial charge in [-0.25, -0.2) is 0 Å². The second-order valence-corrected chi connectivity index (χ2v) is 6.80. The Morgan fingerprint density at radius 1 is 1.11 bits per heavy atom. The van der Waals surface area contributed by atoms with Crippen LogP contribution in [0.5, 0.6) is 11.5 Å². The van der Waals surface area contributed by atoms with Gasteiger partial charge in [-0.1, -0.05) is 30.3 Å². The molecule has 0 saturated carbocycles. The average Bonchev–Trinajstić information content (AvgIpc) is 3.43. The van der Waals surface area contributed by atoms with Crippen LogP contribution in [0.25, 0.3) is 11.3 Å². The molecule has 1 fully saturated rings. The van der Waals surface area contributed by atoms with Gasteiger partial charge >= 0.3 is 0 Å².